The zero-order chi connectivity index (χ0) is 25.3. The maximum Gasteiger partial charge on any atom is 0.246 e. The second-order valence-electron chi connectivity index (χ2n) is 9.89. The number of fused-ring (bicyclic) bond motifs is 3. The molecule has 36 heavy (non-hydrogen) atoms. The molecule has 0 bridgehead atoms. The maximum atomic E-state index is 14.2. The van der Waals surface area contributed by atoms with E-state index in [0.717, 1.165) is 10.3 Å². The van der Waals surface area contributed by atoms with Gasteiger partial charge in [-0.25, -0.2) is 13.3 Å². The molecule has 8 nitrogen and oxygen atoms in total. The first-order valence-electron chi connectivity index (χ1n) is 11.6. The number of carbonyl (C=O) groups is 2. The van der Waals surface area contributed by atoms with Crippen molar-refractivity contribution in [2.75, 3.05) is 17.2 Å². The molecule has 3 heterocycles. The average Bonchev–Trinajstić information content (AvgIpc) is 3.58. The molecule has 2 fully saturated rings. The number of hydrogen-bond acceptors (Lipinski definition) is 6. The van der Waals surface area contributed by atoms with Crippen LogP contribution in [0.2, 0.25) is 5.02 Å². The number of carbonyl (C=O) groups excluding carboxylic acids is 2. The van der Waals surface area contributed by atoms with Crippen LogP contribution in [0.25, 0.3) is 10.8 Å². The lowest BCUT2D eigenvalue weighted by molar-refractivity contribution is -0.123. The number of amides is 2. The quantitative estimate of drug-likeness (QED) is 0.486. The van der Waals surface area contributed by atoms with Crippen LogP contribution in [-0.2, 0) is 31.6 Å². The molecule has 1 saturated carbocycles. The van der Waals surface area contributed by atoms with E-state index in [1.807, 2.05) is 24.3 Å². The Morgan fingerprint density at radius 3 is 2.64 bits per heavy atom. The third kappa shape index (κ3) is 3.44. The Balaban J connectivity index is 1.47. The van der Waals surface area contributed by atoms with Gasteiger partial charge in [0.1, 0.15) is 0 Å². The van der Waals surface area contributed by atoms with Gasteiger partial charge >= 0.3 is 0 Å². The molecule has 1 aliphatic carbocycles. The molecule has 2 aliphatic heterocycles. The summed E-state index contributed by atoms with van der Waals surface area (Å²) in [7, 11) is -3.88. The molecule has 2 amide bonds. The van der Waals surface area contributed by atoms with Crippen LogP contribution in [0.4, 0.5) is 5.69 Å². The number of rotatable bonds is 4. The van der Waals surface area contributed by atoms with Crippen LogP contribution in [0.3, 0.4) is 0 Å². The lowest BCUT2D eigenvalue weighted by Gasteiger charge is -2.39. The highest BCUT2D eigenvalue weighted by Crippen LogP contribution is 2.49. The minimum Gasteiger partial charge on any atom is -0.274 e. The van der Waals surface area contributed by atoms with E-state index >= 15 is 0 Å². The van der Waals surface area contributed by atoms with Crippen molar-refractivity contribution < 1.29 is 18.0 Å². The number of nitrogens with zero attached hydrogens (tertiary/aromatic N) is 4. The summed E-state index contributed by atoms with van der Waals surface area (Å²) in [6.45, 7) is -0.140. The highest BCUT2D eigenvalue weighted by atomic mass is 35.5. The number of sulfonamides is 1. The number of benzene rings is 2. The Bertz CT molecular complexity index is 1610. The van der Waals surface area contributed by atoms with Gasteiger partial charge in [0.25, 0.3) is 0 Å². The van der Waals surface area contributed by atoms with E-state index in [-0.39, 0.29) is 25.3 Å². The Morgan fingerprint density at radius 2 is 1.89 bits per heavy atom. The maximum absolute atomic E-state index is 14.2. The van der Waals surface area contributed by atoms with Gasteiger partial charge < -0.3 is 0 Å². The summed E-state index contributed by atoms with van der Waals surface area (Å²) in [5.74, 6) is -1.23. The van der Waals surface area contributed by atoms with Crippen molar-refractivity contribution in [2.45, 2.75) is 31.2 Å². The summed E-state index contributed by atoms with van der Waals surface area (Å²) < 4.78 is 28.2. The van der Waals surface area contributed by atoms with Crippen LogP contribution in [0.5, 0.6) is 0 Å². The average molecular weight is 521 g/mol. The SMILES string of the molecule is N#CC1(CS(=O)(=O)N2Cc3ccc(Cl)cc3C3(CC(=O)N(c4cncc5ccccc45)C3=O)C2)CC1. The number of halogens is 1. The predicted octanol–water partition coefficient (Wildman–Crippen LogP) is 3.54. The van der Waals surface area contributed by atoms with Crippen molar-refractivity contribution in [2.24, 2.45) is 5.41 Å². The monoisotopic (exact) mass is 520 g/mol. The molecule has 182 valence electrons. The molecule has 2 aromatic carbocycles. The third-order valence-electron chi connectivity index (χ3n) is 7.53. The Kier molecular flexibility index (Phi) is 5.03. The highest BCUT2D eigenvalue weighted by Gasteiger charge is 2.58. The van der Waals surface area contributed by atoms with E-state index in [0.29, 0.717) is 40.1 Å². The van der Waals surface area contributed by atoms with E-state index in [1.54, 1.807) is 24.4 Å². The van der Waals surface area contributed by atoms with Crippen LogP contribution in [0.1, 0.15) is 30.4 Å². The number of pyridine rings is 1. The molecule has 1 spiro atoms. The van der Waals surface area contributed by atoms with Crippen molar-refractivity contribution >= 4 is 49.9 Å². The number of aromatic nitrogens is 1. The van der Waals surface area contributed by atoms with Gasteiger partial charge in [0.15, 0.2) is 0 Å². The van der Waals surface area contributed by atoms with Gasteiger partial charge in [-0.15, -0.1) is 0 Å². The molecular formula is C26H21ClN4O4S. The van der Waals surface area contributed by atoms with Gasteiger partial charge in [-0.05, 0) is 36.1 Å². The van der Waals surface area contributed by atoms with Crippen LogP contribution in [-0.4, -0.2) is 41.8 Å². The van der Waals surface area contributed by atoms with Gasteiger partial charge in [-0.2, -0.15) is 9.57 Å². The molecule has 1 saturated heterocycles. The second kappa shape index (κ2) is 7.84. The van der Waals surface area contributed by atoms with Gasteiger partial charge in [0.2, 0.25) is 21.8 Å². The number of nitriles is 1. The van der Waals surface area contributed by atoms with Gasteiger partial charge in [-0.1, -0.05) is 41.9 Å². The van der Waals surface area contributed by atoms with Crippen molar-refractivity contribution in [3.63, 3.8) is 0 Å². The fourth-order valence-corrected chi connectivity index (χ4v) is 7.60. The molecule has 1 unspecified atom stereocenters. The van der Waals surface area contributed by atoms with Gasteiger partial charge in [-0.3, -0.25) is 14.6 Å². The topological polar surface area (TPSA) is 111 Å². The molecular weight excluding hydrogens is 500 g/mol. The van der Waals surface area contributed by atoms with Crippen LogP contribution in [0.15, 0.2) is 54.9 Å². The minimum absolute atomic E-state index is 0.0510. The Labute approximate surface area is 213 Å². The van der Waals surface area contributed by atoms with Crippen LogP contribution < -0.4 is 4.90 Å². The summed E-state index contributed by atoms with van der Waals surface area (Å²) in [5, 5.41) is 11.3. The van der Waals surface area contributed by atoms with Crippen molar-refractivity contribution in [1.29, 1.82) is 5.26 Å². The van der Waals surface area contributed by atoms with Crippen molar-refractivity contribution in [3.8, 4) is 6.07 Å². The predicted molar refractivity (Wildman–Crippen MR) is 133 cm³/mol. The number of imide groups is 1. The first kappa shape index (κ1) is 23.1. The van der Waals surface area contributed by atoms with Gasteiger partial charge in [0, 0.05) is 41.5 Å². The summed E-state index contributed by atoms with van der Waals surface area (Å²) in [5.41, 5.74) is -0.748. The lowest BCUT2D eigenvalue weighted by Crippen LogP contribution is -2.53. The summed E-state index contributed by atoms with van der Waals surface area (Å²) in [4.78, 5) is 33.0. The summed E-state index contributed by atoms with van der Waals surface area (Å²) >= 11 is 6.31. The molecule has 10 heteroatoms. The fourth-order valence-electron chi connectivity index (χ4n) is 5.44. The summed E-state index contributed by atoms with van der Waals surface area (Å²) in [6, 6.07) is 14.5. The standard InChI is InChI=1S/C26H21ClN4O4S/c27-19-6-5-18-13-30(36(34,35)16-25(14-28)7-8-25)15-26(21(18)9-19)10-23(32)31(24(26)33)22-12-29-11-17-3-1-2-4-20(17)22/h1-6,9,11-12H,7-8,10,13,15-16H2. The van der Waals surface area contributed by atoms with E-state index in [1.165, 1.54) is 10.5 Å². The molecule has 0 N–H and O–H groups in total. The number of anilines is 1. The molecule has 3 aliphatic rings. The fraction of sp³-hybridized carbons (Fsp3) is 0.308. The third-order valence-corrected chi connectivity index (χ3v) is 9.72. The first-order valence-corrected chi connectivity index (χ1v) is 13.5. The summed E-state index contributed by atoms with van der Waals surface area (Å²) in [6.07, 6.45) is 4.02. The molecule has 6 rings (SSSR count). The molecule has 3 aromatic rings. The molecule has 1 aromatic heterocycles. The molecule has 1 atom stereocenters. The van der Waals surface area contributed by atoms with E-state index in [2.05, 4.69) is 11.1 Å². The van der Waals surface area contributed by atoms with Crippen molar-refractivity contribution in [3.05, 3.63) is 71.0 Å². The zero-order valence-corrected chi connectivity index (χ0v) is 20.7. The highest BCUT2D eigenvalue weighted by molar-refractivity contribution is 7.89. The first-order chi connectivity index (χ1) is 17.2. The largest absolute Gasteiger partial charge is 0.274 e. The number of hydrogen-bond donors (Lipinski definition) is 0. The Hall–Kier alpha value is -3.32. The van der Waals surface area contributed by atoms with E-state index in [4.69, 9.17) is 11.6 Å². The second-order valence-corrected chi connectivity index (χ2v) is 12.3. The van der Waals surface area contributed by atoms with E-state index < -0.39 is 32.7 Å². The van der Waals surface area contributed by atoms with Gasteiger partial charge in [0.05, 0.1) is 34.5 Å². The normalized spacial score (nSPS) is 23.2. The van der Waals surface area contributed by atoms with Crippen LogP contribution >= 0.6 is 11.6 Å². The van der Waals surface area contributed by atoms with E-state index in [9.17, 15) is 23.3 Å². The van der Waals surface area contributed by atoms with Crippen molar-refractivity contribution in [1.82, 2.24) is 9.29 Å². The smallest absolute Gasteiger partial charge is 0.246 e. The molecule has 0 radical (unpaired) electrons. The lowest BCUT2D eigenvalue weighted by atomic mass is 9.74. The van der Waals surface area contributed by atoms with Crippen LogP contribution in [0, 0.1) is 16.7 Å². The zero-order valence-electron chi connectivity index (χ0n) is 19.1. The Morgan fingerprint density at radius 1 is 1.11 bits per heavy atom. The minimum atomic E-state index is -3.88.